The van der Waals surface area contributed by atoms with Crippen molar-refractivity contribution >= 4 is 27.6 Å². The fourth-order valence-corrected chi connectivity index (χ4v) is 3.47. The van der Waals surface area contributed by atoms with Crippen molar-refractivity contribution in [1.82, 2.24) is 20.1 Å². The number of carbonyl (C=O) groups is 2. The number of carbonyl (C=O) groups excluding carboxylic acids is 2. The molecule has 0 saturated carbocycles. The highest BCUT2D eigenvalue weighted by molar-refractivity contribution is 7.91. The van der Waals surface area contributed by atoms with Crippen LogP contribution in [0.5, 0.6) is 0 Å². The summed E-state index contributed by atoms with van der Waals surface area (Å²) < 4.78 is 24.0. The lowest BCUT2D eigenvalue weighted by Crippen LogP contribution is -2.31. The molecular weight excluding hydrogens is 322 g/mol. The number of H-pyrrole nitrogens is 1. The summed E-state index contributed by atoms with van der Waals surface area (Å²) in [6.45, 7) is 0.00912. The second-order valence-electron chi connectivity index (χ2n) is 4.98. The minimum Gasteiger partial charge on any atom is -0.366 e. The van der Waals surface area contributed by atoms with Gasteiger partial charge in [-0.05, 0) is 18.6 Å². The summed E-state index contributed by atoms with van der Waals surface area (Å²) in [6, 6.07) is 6.49. The number of amides is 2. The number of nitrogens with one attached hydrogen (secondary N) is 1. The zero-order chi connectivity index (χ0) is 16.6. The van der Waals surface area contributed by atoms with Crippen LogP contribution in [-0.4, -0.2) is 52.6 Å². The Morgan fingerprint density at radius 3 is 2.26 bits per heavy atom. The van der Waals surface area contributed by atoms with Crippen molar-refractivity contribution in [3.05, 3.63) is 35.4 Å². The molecule has 0 aliphatic carbocycles. The van der Waals surface area contributed by atoms with Gasteiger partial charge in [0.15, 0.2) is 0 Å². The van der Waals surface area contributed by atoms with Crippen molar-refractivity contribution in [3.8, 4) is 0 Å². The topological polar surface area (TPSA) is 139 Å². The molecule has 3 rings (SSSR count). The molecule has 2 heterocycles. The smallest absolute Gasteiger partial charge is 0.261 e. The molecular formula is C13H13N5O4S. The number of imide groups is 1. The molecule has 23 heavy (non-hydrogen) atoms. The highest BCUT2D eigenvalue weighted by Gasteiger charge is 2.34. The minimum absolute atomic E-state index is 0.00912. The first-order chi connectivity index (χ1) is 10.9. The second-order valence-corrected chi connectivity index (χ2v) is 7.00. The Hall–Kier alpha value is -2.75. The van der Waals surface area contributed by atoms with E-state index in [1.165, 1.54) is 0 Å². The van der Waals surface area contributed by atoms with E-state index in [0.29, 0.717) is 11.1 Å². The molecule has 0 spiro atoms. The van der Waals surface area contributed by atoms with Crippen LogP contribution in [0.3, 0.4) is 0 Å². The molecule has 2 aromatic rings. The van der Waals surface area contributed by atoms with E-state index < -0.39 is 21.7 Å². The molecule has 3 N–H and O–H groups in total. The standard InChI is InChI=1S/C13H13N5O4S/c14-12-15-13(17-16-12)23(21,22)7-3-6-18-10(19)8-4-1-2-5-9(8)11(18)20/h1-2,4-5H,3,6-7H2,(H3,14,15,16,17). The number of sulfone groups is 1. The van der Waals surface area contributed by atoms with Gasteiger partial charge in [-0.25, -0.2) is 13.5 Å². The molecule has 0 saturated heterocycles. The number of rotatable bonds is 5. The van der Waals surface area contributed by atoms with Gasteiger partial charge in [0.1, 0.15) is 0 Å². The molecule has 120 valence electrons. The number of nitrogens with two attached hydrogens (primary N) is 1. The fraction of sp³-hybridized carbons (Fsp3) is 0.231. The van der Waals surface area contributed by atoms with E-state index in [4.69, 9.17) is 5.73 Å². The van der Waals surface area contributed by atoms with Gasteiger partial charge in [0, 0.05) is 6.54 Å². The van der Waals surface area contributed by atoms with Crippen LogP contribution in [0.15, 0.2) is 29.4 Å². The van der Waals surface area contributed by atoms with Gasteiger partial charge in [0.25, 0.3) is 11.8 Å². The van der Waals surface area contributed by atoms with Gasteiger partial charge in [-0.3, -0.25) is 14.5 Å². The lowest BCUT2D eigenvalue weighted by Gasteiger charge is -2.13. The molecule has 10 heteroatoms. The zero-order valence-corrected chi connectivity index (χ0v) is 12.7. The van der Waals surface area contributed by atoms with Gasteiger partial charge in [0.2, 0.25) is 20.9 Å². The Balaban J connectivity index is 1.66. The summed E-state index contributed by atoms with van der Waals surface area (Å²) >= 11 is 0. The number of aromatic amines is 1. The minimum atomic E-state index is -3.69. The van der Waals surface area contributed by atoms with Crippen LogP contribution in [-0.2, 0) is 9.84 Å². The lowest BCUT2D eigenvalue weighted by molar-refractivity contribution is 0.0654. The van der Waals surface area contributed by atoms with Crippen molar-refractivity contribution in [1.29, 1.82) is 0 Å². The Bertz CT molecular complexity index is 854. The third kappa shape index (κ3) is 2.68. The van der Waals surface area contributed by atoms with Crippen molar-refractivity contribution in [2.45, 2.75) is 11.6 Å². The third-order valence-corrected chi connectivity index (χ3v) is 5.05. The number of fused-ring (bicyclic) bond motifs is 1. The molecule has 0 fully saturated rings. The summed E-state index contributed by atoms with van der Waals surface area (Å²) in [5, 5.41) is 5.38. The average Bonchev–Trinajstić information content (AvgIpc) is 3.06. The van der Waals surface area contributed by atoms with Crippen molar-refractivity contribution < 1.29 is 18.0 Å². The number of hydrogen-bond acceptors (Lipinski definition) is 7. The highest BCUT2D eigenvalue weighted by atomic mass is 32.2. The van der Waals surface area contributed by atoms with Crippen molar-refractivity contribution in [3.63, 3.8) is 0 Å². The first-order valence-corrected chi connectivity index (χ1v) is 8.41. The summed E-state index contributed by atoms with van der Waals surface area (Å²) in [5.74, 6) is -1.27. The largest absolute Gasteiger partial charge is 0.366 e. The van der Waals surface area contributed by atoms with Crippen LogP contribution in [0.4, 0.5) is 5.95 Å². The molecule has 1 aliphatic heterocycles. The van der Waals surface area contributed by atoms with E-state index in [9.17, 15) is 18.0 Å². The Labute approximate surface area is 131 Å². The van der Waals surface area contributed by atoms with Crippen LogP contribution in [0.25, 0.3) is 0 Å². The summed E-state index contributed by atoms with van der Waals surface area (Å²) in [5.41, 5.74) is 5.95. The van der Waals surface area contributed by atoms with Crippen LogP contribution < -0.4 is 5.73 Å². The number of nitrogens with zero attached hydrogens (tertiary/aromatic N) is 3. The number of aromatic nitrogens is 3. The molecule has 0 atom stereocenters. The zero-order valence-electron chi connectivity index (χ0n) is 11.9. The van der Waals surface area contributed by atoms with E-state index in [0.717, 1.165) is 4.90 Å². The predicted octanol–water partition coefficient (Wildman–Crippen LogP) is -0.153. The van der Waals surface area contributed by atoms with Gasteiger partial charge in [-0.15, -0.1) is 5.10 Å². The molecule has 0 unspecified atom stereocenters. The first-order valence-electron chi connectivity index (χ1n) is 6.76. The van der Waals surface area contributed by atoms with E-state index in [1.54, 1.807) is 24.3 Å². The molecule has 0 bridgehead atoms. The van der Waals surface area contributed by atoms with Crippen molar-refractivity contribution in [2.24, 2.45) is 0 Å². The van der Waals surface area contributed by atoms with Gasteiger partial charge >= 0.3 is 0 Å². The number of nitrogen functional groups attached to an aromatic ring is 1. The highest BCUT2D eigenvalue weighted by Crippen LogP contribution is 2.22. The second kappa shape index (κ2) is 5.47. The van der Waals surface area contributed by atoms with Crippen LogP contribution in [0.2, 0.25) is 0 Å². The Morgan fingerprint density at radius 1 is 1.13 bits per heavy atom. The summed E-state index contributed by atoms with van der Waals surface area (Å²) in [4.78, 5) is 28.9. The maximum Gasteiger partial charge on any atom is 0.261 e. The van der Waals surface area contributed by atoms with Crippen LogP contribution in [0, 0.1) is 0 Å². The normalized spacial score (nSPS) is 14.3. The Morgan fingerprint density at radius 2 is 1.74 bits per heavy atom. The first kappa shape index (κ1) is 15.2. The maximum absolute atomic E-state index is 12.1. The van der Waals surface area contributed by atoms with Crippen LogP contribution in [0.1, 0.15) is 27.1 Å². The third-order valence-electron chi connectivity index (χ3n) is 3.45. The molecule has 1 aromatic carbocycles. The molecule has 1 aliphatic rings. The predicted molar refractivity (Wildman–Crippen MR) is 79.3 cm³/mol. The van der Waals surface area contributed by atoms with Gasteiger partial charge < -0.3 is 5.73 Å². The monoisotopic (exact) mass is 335 g/mol. The fourth-order valence-electron chi connectivity index (χ4n) is 2.35. The molecule has 9 nitrogen and oxygen atoms in total. The quantitative estimate of drug-likeness (QED) is 0.724. The summed E-state index contributed by atoms with van der Waals surface area (Å²) in [7, 11) is -3.69. The van der Waals surface area contributed by atoms with E-state index in [2.05, 4.69) is 15.2 Å². The van der Waals surface area contributed by atoms with E-state index in [1.807, 2.05) is 0 Å². The lowest BCUT2D eigenvalue weighted by atomic mass is 10.1. The number of hydrogen-bond donors (Lipinski definition) is 2. The Kier molecular flexibility index (Phi) is 3.60. The SMILES string of the molecule is Nc1n[nH]c(S(=O)(=O)CCCN2C(=O)c3ccccc3C2=O)n1. The van der Waals surface area contributed by atoms with E-state index >= 15 is 0 Å². The van der Waals surface area contributed by atoms with E-state index in [-0.39, 0.29) is 29.8 Å². The van der Waals surface area contributed by atoms with Crippen molar-refractivity contribution in [2.75, 3.05) is 18.0 Å². The molecule has 2 amide bonds. The average molecular weight is 335 g/mol. The van der Waals surface area contributed by atoms with Gasteiger partial charge in [-0.2, -0.15) is 4.98 Å². The van der Waals surface area contributed by atoms with Gasteiger partial charge in [-0.1, -0.05) is 12.1 Å². The van der Waals surface area contributed by atoms with Crippen LogP contribution >= 0.6 is 0 Å². The molecule has 0 radical (unpaired) electrons. The number of anilines is 1. The maximum atomic E-state index is 12.1. The summed E-state index contributed by atoms with van der Waals surface area (Å²) in [6.07, 6.45) is 0.0917. The molecule has 1 aromatic heterocycles. The van der Waals surface area contributed by atoms with Gasteiger partial charge in [0.05, 0.1) is 16.9 Å². The number of benzene rings is 1.